The number of hydrogen-bond acceptors (Lipinski definition) is 5. The van der Waals surface area contributed by atoms with Gasteiger partial charge in [-0.25, -0.2) is 9.97 Å². The number of nitrogens with zero attached hydrogens (tertiary/aromatic N) is 2. The van der Waals surface area contributed by atoms with Crippen molar-refractivity contribution >= 4 is 0 Å². The van der Waals surface area contributed by atoms with E-state index in [0.29, 0.717) is 28.8 Å². The smallest absolute Gasteiger partial charge is 0.178 e. The first-order chi connectivity index (χ1) is 31.6. The molecule has 2 aliphatic carbocycles. The van der Waals surface area contributed by atoms with Crippen molar-refractivity contribution in [3.05, 3.63) is 252 Å². The Morgan fingerprint density at radius 1 is 0.484 bits per heavy atom. The van der Waals surface area contributed by atoms with Gasteiger partial charge in [0.15, 0.2) is 28.8 Å². The molecule has 0 spiro atoms. The number of benzene rings is 8. The minimum absolute atomic E-state index is 0.194. The van der Waals surface area contributed by atoms with E-state index in [4.69, 9.17) is 25.2 Å². The average molecular weight is 824 g/mol. The van der Waals surface area contributed by atoms with Gasteiger partial charge in [-0.15, -0.1) is 0 Å². The van der Waals surface area contributed by atoms with Crippen LogP contribution in [0.3, 0.4) is 0 Å². The highest BCUT2D eigenvalue weighted by Crippen LogP contribution is 2.63. The van der Waals surface area contributed by atoms with Crippen LogP contribution in [-0.4, -0.2) is 9.97 Å². The fourth-order valence-corrected chi connectivity index (χ4v) is 9.98. The molecule has 12 rings (SSSR count). The molecular weight excluding hydrogens is 783 g/mol. The maximum atomic E-state index is 7.23. The molecule has 64 heavy (non-hydrogen) atoms. The Balaban J connectivity index is 0.971. The van der Waals surface area contributed by atoms with Crippen LogP contribution in [0, 0.1) is 0 Å². The highest BCUT2D eigenvalue weighted by Gasteiger charge is 2.48. The van der Waals surface area contributed by atoms with E-state index in [0.717, 1.165) is 68.0 Å². The SMILES string of the molecule is NC1=CC=CC(c2cccc(-c3nc(-c4ccccc4)cc(-c4cccc(-c5cccc6c5Oc5c(ccc7c5-c5ccccc5C7(c5ccccc5)c5ccccc5)O6)c4)n3)c2)C1. The Hall–Kier alpha value is -8.28. The quantitative estimate of drug-likeness (QED) is 0.173. The summed E-state index contributed by atoms with van der Waals surface area (Å²) in [7, 11) is 0. The molecule has 1 aromatic heterocycles. The Morgan fingerprint density at radius 2 is 1.11 bits per heavy atom. The van der Waals surface area contributed by atoms with Crippen molar-refractivity contribution in [3.63, 3.8) is 0 Å². The van der Waals surface area contributed by atoms with Gasteiger partial charge in [0.05, 0.1) is 16.8 Å². The van der Waals surface area contributed by atoms with E-state index in [1.807, 2.05) is 42.5 Å². The third kappa shape index (κ3) is 6.16. The summed E-state index contributed by atoms with van der Waals surface area (Å²) in [5, 5.41) is 0. The molecule has 2 heterocycles. The fourth-order valence-electron chi connectivity index (χ4n) is 9.98. The van der Waals surface area contributed by atoms with Crippen molar-refractivity contribution in [2.75, 3.05) is 0 Å². The fraction of sp³-hybridized carbons (Fsp3) is 0.0508. The van der Waals surface area contributed by atoms with Crippen molar-refractivity contribution in [2.45, 2.75) is 17.8 Å². The average Bonchev–Trinajstić information content (AvgIpc) is 3.68. The zero-order valence-electron chi connectivity index (χ0n) is 34.9. The Labute approximate surface area is 372 Å². The summed E-state index contributed by atoms with van der Waals surface area (Å²) >= 11 is 0. The molecule has 1 aliphatic heterocycles. The first-order valence-corrected chi connectivity index (χ1v) is 21.8. The summed E-state index contributed by atoms with van der Waals surface area (Å²) in [6, 6.07) is 70.2. The monoisotopic (exact) mass is 823 g/mol. The van der Waals surface area contributed by atoms with E-state index in [-0.39, 0.29) is 5.92 Å². The van der Waals surface area contributed by atoms with Gasteiger partial charge < -0.3 is 15.2 Å². The maximum absolute atomic E-state index is 7.23. The molecule has 3 aliphatic rings. The van der Waals surface area contributed by atoms with Gasteiger partial charge in [0.25, 0.3) is 0 Å². The highest BCUT2D eigenvalue weighted by atomic mass is 16.6. The number of nitrogens with two attached hydrogens (primary N) is 1. The van der Waals surface area contributed by atoms with Crippen molar-refractivity contribution in [2.24, 2.45) is 5.73 Å². The largest absolute Gasteiger partial charge is 0.449 e. The lowest BCUT2D eigenvalue weighted by molar-refractivity contribution is 0.361. The topological polar surface area (TPSA) is 70.3 Å². The zero-order chi connectivity index (χ0) is 42.6. The maximum Gasteiger partial charge on any atom is 0.178 e. The van der Waals surface area contributed by atoms with E-state index < -0.39 is 5.41 Å². The van der Waals surface area contributed by atoms with E-state index in [1.165, 1.54) is 22.3 Å². The van der Waals surface area contributed by atoms with E-state index in [2.05, 4.69) is 176 Å². The molecule has 0 saturated heterocycles. The predicted octanol–water partition coefficient (Wildman–Crippen LogP) is 14.3. The van der Waals surface area contributed by atoms with Crippen LogP contribution in [0.15, 0.2) is 224 Å². The normalized spacial score (nSPS) is 15.1. The minimum Gasteiger partial charge on any atom is -0.449 e. The second-order valence-electron chi connectivity index (χ2n) is 16.7. The lowest BCUT2D eigenvalue weighted by atomic mass is 9.68. The van der Waals surface area contributed by atoms with Gasteiger partial charge in [0, 0.05) is 39.4 Å². The number of allylic oxidation sites excluding steroid dienone is 4. The molecule has 0 amide bonds. The van der Waals surface area contributed by atoms with Gasteiger partial charge in [-0.2, -0.15) is 0 Å². The number of ether oxygens (including phenoxy) is 2. The molecule has 1 atom stereocenters. The highest BCUT2D eigenvalue weighted by molar-refractivity contribution is 5.92. The van der Waals surface area contributed by atoms with Crippen LogP contribution < -0.4 is 15.2 Å². The van der Waals surface area contributed by atoms with Gasteiger partial charge in [0.1, 0.15) is 0 Å². The van der Waals surface area contributed by atoms with Crippen LogP contribution in [-0.2, 0) is 5.41 Å². The number of fused-ring (bicyclic) bond motifs is 6. The van der Waals surface area contributed by atoms with Crippen molar-refractivity contribution in [1.82, 2.24) is 9.97 Å². The first-order valence-electron chi connectivity index (χ1n) is 21.8. The Morgan fingerprint density at radius 3 is 1.89 bits per heavy atom. The summed E-state index contributed by atoms with van der Waals surface area (Å²) in [5.41, 5.74) is 21.2. The lowest BCUT2D eigenvalue weighted by Crippen LogP contribution is -2.28. The summed E-state index contributed by atoms with van der Waals surface area (Å²) < 4.78 is 14.0. The number of aromatic nitrogens is 2. The Kier molecular flexibility index (Phi) is 8.94. The van der Waals surface area contributed by atoms with Crippen LogP contribution in [0.5, 0.6) is 23.0 Å². The molecular formula is C59H41N3O2. The predicted molar refractivity (Wildman–Crippen MR) is 256 cm³/mol. The molecule has 0 radical (unpaired) electrons. The third-order valence-corrected chi connectivity index (χ3v) is 12.9. The van der Waals surface area contributed by atoms with E-state index in [9.17, 15) is 0 Å². The summed E-state index contributed by atoms with van der Waals surface area (Å²) in [6.45, 7) is 0. The van der Waals surface area contributed by atoms with Crippen LogP contribution in [0.1, 0.15) is 40.2 Å². The summed E-state index contributed by atoms with van der Waals surface area (Å²) in [6.07, 6.45) is 7.01. The van der Waals surface area contributed by atoms with E-state index in [1.54, 1.807) is 0 Å². The van der Waals surface area contributed by atoms with Gasteiger partial charge in [-0.05, 0) is 81.8 Å². The summed E-state index contributed by atoms with van der Waals surface area (Å²) in [4.78, 5) is 10.4. The van der Waals surface area contributed by atoms with Crippen LogP contribution in [0.25, 0.3) is 56.2 Å². The molecule has 5 nitrogen and oxygen atoms in total. The molecule has 0 fully saturated rings. The van der Waals surface area contributed by atoms with Crippen molar-refractivity contribution in [1.29, 1.82) is 0 Å². The first kappa shape index (κ1) is 37.5. The Bertz CT molecular complexity index is 3280. The molecule has 8 aromatic carbocycles. The summed E-state index contributed by atoms with van der Waals surface area (Å²) in [5.74, 6) is 3.60. The van der Waals surface area contributed by atoms with Gasteiger partial charge in [0.2, 0.25) is 0 Å². The molecule has 9 aromatic rings. The van der Waals surface area contributed by atoms with Crippen LogP contribution >= 0.6 is 0 Å². The second kappa shape index (κ2) is 15.3. The molecule has 2 N–H and O–H groups in total. The number of rotatable bonds is 7. The van der Waals surface area contributed by atoms with E-state index >= 15 is 0 Å². The molecule has 1 unspecified atom stereocenters. The molecule has 304 valence electrons. The lowest BCUT2D eigenvalue weighted by Gasteiger charge is -2.34. The van der Waals surface area contributed by atoms with Crippen molar-refractivity contribution < 1.29 is 9.47 Å². The standard InChI is InChI=1S/C59H41N3O2/c60-46-27-14-19-40(36-46)39-18-12-22-43(34-39)58-61-51(38-16-4-1-5-17-38)37-52(62-58)42-21-13-20-41(35-42)47-29-15-31-53-56(47)64-57-54(63-53)33-32-50-55(57)48-28-10-11-30-49(48)59(50,44-23-6-2-7-24-44)45-25-8-3-9-26-45/h1-35,37,40H,36,60H2. The van der Waals surface area contributed by atoms with Crippen LogP contribution in [0.4, 0.5) is 0 Å². The zero-order valence-corrected chi connectivity index (χ0v) is 34.9. The van der Waals surface area contributed by atoms with Gasteiger partial charge in [-0.3, -0.25) is 0 Å². The van der Waals surface area contributed by atoms with Gasteiger partial charge >= 0.3 is 0 Å². The van der Waals surface area contributed by atoms with Crippen LogP contribution in [0.2, 0.25) is 0 Å². The minimum atomic E-state index is -0.560. The molecule has 5 heteroatoms. The molecule has 0 saturated carbocycles. The molecule has 0 bridgehead atoms. The number of para-hydroxylation sites is 1. The third-order valence-electron chi connectivity index (χ3n) is 12.9. The number of hydrogen-bond donors (Lipinski definition) is 1. The van der Waals surface area contributed by atoms with Gasteiger partial charge in [-0.1, -0.05) is 182 Å². The second-order valence-corrected chi connectivity index (χ2v) is 16.7. The van der Waals surface area contributed by atoms with Crippen molar-refractivity contribution in [3.8, 4) is 79.2 Å².